The van der Waals surface area contributed by atoms with Crippen LogP contribution in [0.1, 0.15) is 24.0 Å². The maximum Gasteiger partial charge on any atom is 0.161 e. The molecule has 0 amide bonds. The SMILES string of the molecule is COc1cc(C)c([C@@H](C#N)C(C)=O)cc1OC. The number of methoxy groups -OCH3 is 2. The molecule has 0 heterocycles. The number of rotatable bonds is 4. The largest absolute Gasteiger partial charge is 0.493 e. The number of aryl methyl sites for hydroxylation is 1. The first-order valence-electron chi connectivity index (χ1n) is 5.17. The van der Waals surface area contributed by atoms with Crippen molar-refractivity contribution in [3.63, 3.8) is 0 Å². The number of hydrogen-bond donors (Lipinski definition) is 0. The third-order valence-corrected chi connectivity index (χ3v) is 2.62. The van der Waals surface area contributed by atoms with Crippen LogP contribution in [-0.4, -0.2) is 20.0 Å². The average molecular weight is 233 g/mol. The molecule has 0 aromatic heterocycles. The molecule has 1 aromatic carbocycles. The normalized spacial score (nSPS) is 11.5. The molecule has 0 bridgehead atoms. The van der Waals surface area contributed by atoms with Gasteiger partial charge < -0.3 is 9.47 Å². The lowest BCUT2D eigenvalue weighted by Gasteiger charge is -2.14. The number of Topliss-reactive ketones (excluding diaryl/α,β-unsaturated/α-hetero) is 1. The van der Waals surface area contributed by atoms with E-state index in [0.29, 0.717) is 17.1 Å². The molecule has 0 aliphatic carbocycles. The highest BCUT2D eigenvalue weighted by molar-refractivity contribution is 5.86. The van der Waals surface area contributed by atoms with Gasteiger partial charge in [-0.2, -0.15) is 5.26 Å². The molecule has 4 nitrogen and oxygen atoms in total. The van der Waals surface area contributed by atoms with Gasteiger partial charge in [0, 0.05) is 0 Å². The molecule has 0 N–H and O–H groups in total. The summed E-state index contributed by atoms with van der Waals surface area (Å²) in [5, 5.41) is 9.02. The molecule has 0 radical (unpaired) electrons. The number of nitrogens with zero attached hydrogens (tertiary/aromatic N) is 1. The van der Waals surface area contributed by atoms with E-state index in [-0.39, 0.29) is 5.78 Å². The van der Waals surface area contributed by atoms with Gasteiger partial charge in [-0.3, -0.25) is 4.79 Å². The Morgan fingerprint density at radius 1 is 1.29 bits per heavy atom. The van der Waals surface area contributed by atoms with Crippen molar-refractivity contribution in [2.75, 3.05) is 14.2 Å². The molecular weight excluding hydrogens is 218 g/mol. The maximum atomic E-state index is 11.4. The second-order valence-electron chi connectivity index (χ2n) is 3.74. The maximum absolute atomic E-state index is 11.4. The fraction of sp³-hybridized carbons (Fsp3) is 0.385. The van der Waals surface area contributed by atoms with Crippen molar-refractivity contribution in [2.24, 2.45) is 0 Å². The Balaban J connectivity index is 3.35. The standard InChI is InChI=1S/C13H15NO3/c1-8-5-12(16-3)13(17-4)6-10(8)11(7-14)9(2)15/h5-6,11H,1-4H3/t11-/m0/s1. The van der Waals surface area contributed by atoms with Crippen LogP contribution in [0.4, 0.5) is 0 Å². The fourth-order valence-corrected chi connectivity index (χ4v) is 1.69. The second kappa shape index (κ2) is 5.35. The molecule has 0 saturated heterocycles. The first-order chi connectivity index (χ1) is 8.04. The zero-order valence-corrected chi connectivity index (χ0v) is 10.4. The van der Waals surface area contributed by atoms with Gasteiger partial charge in [-0.15, -0.1) is 0 Å². The second-order valence-corrected chi connectivity index (χ2v) is 3.74. The van der Waals surface area contributed by atoms with Crippen molar-refractivity contribution in [1.29, 1.82) is 5.26 Å². The molecule has 0 aliphatic heterocycles. The molecule has 1 aromatic rings. The number of hydrogen-bond acceptors (Lipinski definition) is 4. The fourth-order valence-electron chi connectivity index (χ4n) is 1.69. The Kier molecular flexibility index (Phi) is 4.11. The van der Waals surface area contributed by atoms with Crippen LogP contribution < -0.4 is 9.47 Å². The van der Waals surface area contributed by atoms with Crippen LogP contribution in [0.5, 0.6) is 11.5 Å². The third kappa shape index (κ3) is 2.56. The van der Waals surface area contributed by atoms with E-state index in [1.165, 1.54) is 14.0 Å². The summed E-state index contributed by atoms with van der Waals surface area (Å²) in [6.07, 6.45) is 0. The van der Waals surface area contributed by atoms with Gasteiger partial charge in [0.05, 0.1) is 20.3 Å². The first-order valence-corrected chi connectivity index (χ1v) is 5.17. The van der Waals surface area contributed by atoms with E-state index >= 15 is 0 Å². The minimum absolute atomic E-state index is 0.178. The van der Waals surface area contributed by atoms with Crippen LogP contribution in [0, 0.1) is 18.3 Å². The highest BCUT2D eigenvalue weighted by Gasteiger charge is 2.20. The number of nitriles is 1. The predicted molar refractivity (Wildman–Crippen MR) is 63.3 cm³/mol. The van der Waals surface area contributed by atoms with Crippen molar-refractivity contribution in [3.8, 4) is 17.6 Å². The Hall–Kier alpha value is -2.02. The van der Waals surface area contributed by atoms with Gasteiger partial charge >= 0.3 is 0 Å². The summed E-state index contributed by atoms with van der Waals surface area (Å²) in [5.41, 5.74) is 1.50. The molecule has 0 saturated carbocycles. The Bertz CT molecular complexity index is 474. The smallest absolute Gasteiger partial charge is 0.161 e. The summed E-state index contributed by atoms with van der Waals surface area (Å²) < 4.78 is 10.3. The number of ether oxygens (including phenoxy) is 2. The summed E-state index contributed by atoms with van der Waals surface area (Å²) >= 11 is 0. The zero-order valence-electron chi connectivity index (χ0n) is 10.4. The van der Waals surface area contributed by atoms with E-state index in [2.05, 4.69) is 0 Å². The average Bonchev–Trinajstić information content (AvgIpc) is 2.31. The van der Waals surface area contributed by atoms with Gasteiger partial charge in [-0.25, -0.2) is 0 Å². The van der Waals surface area contributed by atoms with Gasteiger partial charge in [0.1, 0.15) is 5.92 Å². The zero-order chi connectivity index (χ0) is 13.0. The lowest BCUT2D eigenvalue weighted by molar-refractivity contribution is -0.117. The van der Waals surface area contributed by atoms with Crippen molar-refractivity contribution in [3.05, 3.63) is 23.3 Å². The van der Waals surface area contributed by atoms with Crippen LogP contribution in [0.3, 0.4) is 0 Å². The van der Waals surface area contributed by atoms with E-state index in [1.54, 1.807) is 19.2 Å². The van der Waals surface area contributed by atoms with Gasteiger partial charge in [0.25, 0.3) is 0 Å². The summed E-state index contributed by atoms with van der Waals surface area (Å²) in [6.45, 7) is 3.24. The van der Waals surface area contributed by atoms with E-state index in [1.807, 2.05) is 13.0 Å². The van der Waals surface area contributed by atoms with Crippen molar-refractivity contribution in [1.82, 2.24) is 0 Å². The van der Waals surface area contributed by atoms with Crippen molar-refractivity contribution < 1.29 is 14.3 Å². The highest BCUT2D eigenvalue weighted by atomic mass is 16.5. The molecule has 0 fully saturated rings. The van der Waals surface area contributed by atoms with E-state index in [0.717, 1.165) is 5.56 Å². The Morgan fingerprint density at radius 3 is 2.24 bits per heavy atom. The molecule has 0 unspecified atom stereocenters. The molecule has 90 valence electrons. The van der Waals surface area contributed by atoms with Crippen LogP contribution in [0.15, 0.2) is 12.1 Å². The van der Waals surface area contributed by atoms with Gasteiger partial charge in [-0.1, -0.05) is 0 Å². The van der Waals surface area contributed by atoms with Gasteiger partial charge in [0.15, 0.2) is 17.3 Å². The van der Waals surface area contributed by atoms with Crippen molar-refractivity contribution in [2.45, 2.75) is 19.8 Å². The van der Waals surface area contributed by atoms with E-state index in [4.69, 9.17) is 14.7 Å². The molecule has 0 aliphatic rings. The number of carbonyl (C=O) groups is 1. The molecule has 1 rings (SSSR count). The predicted octanol–water partition coefficient (Wildman–Crippen LogP) is 2.21. The summed E-state index contributed by atoms with van der Waals surface area (Å²) in [6, 6.07) is 5.45. The Morgan fingerprint density at radius 2 is 1.82 bits per heavy atom. The number of benzene rings is 1. The topological polar surface area (TPSA) is 59.3 Å². The number of ketones is 1. The molecular formula is C13H15NO3. The summed E-state index contributed by atoms with van der Waals surface area (Å²) in [7, 11) is 3.07. The highest BCUT2D eigenvalue weighted by Crippen LogP contribution is 2.33. The molecule has 1 atom stereocenters. The van der Waals surface area contributed by atoms with Crippen LogP contribution in [0.25, 0.3) is 0 Å². The number of carbonyl (C=O) groups excluding carboxylic acids is 1. The minimum Gasteiger partial charge on any atom is -0.493 e. The quantitative estimate of drug-likeness (QED) is 0.800. The monoisotopic (exact) mass is 233 g/mol. The van der Waals surface area contributed by atoms with Crippen LogP contribution in [0.2, 0.25) is 0 Å². The molecule has 17 heavy (non-hydrogen) atoms. The van der Waals surface area contributed by atoms with Gasteiger partial charge in [0.2, 0.25) is 0 Å². The van der Waals surface area contributed by atoms with E-state index in [9.17, 15) is 4.79 Å². The third-order valence-electron chi connectivity index (χ3n) is 2.62. The van der Waals surface area contributed by atoms with Gasteiger partial charge in [-0.05, 0) is 37.1 Å². The van der Waals surface area contributed by atoms with Crippen molar-refractivity contribution >= 4 is 5.78 Å². The first kappa shape index (κ1) is 13.0. The Labute approximate surface area is 101 Å². The van der Waals surface area contributed by atoms with Crippen LogP contribution in [-0.2, 0) is 4.79 Å². The lowest BCUT2D eigenvalue weighted by Crippen LogP contribution is -2.08. The minimum atomic E-state index is -0.755. The lowest BCUT2D eigenvalue weighted by atomic mass is 9.92. The van der Waals surface area contributed by atoms with Crippen LogP contribution >= 0.6 is 0 Å². The van der Waals surface area contributed by atoms with E-state index < -0.39 is 5.92 Å². The summed E-state index contributed by atoms with van der Waals surface area (Å²) in [4.78, 5) is 11.4. The molecule has 0 spiro atoms. The summed E-state index contributed by atoms with van der Waals surface area (Å²) in [5.74, 6) is 0.182. The molecule has 4 heteroatoms.